The molecule has 2 unspecified atom stereocenters. The molecule has 0 aliphatic heterocycles. The number of nitrogens with two attached hydrogens (primary N) is 1. The van der Waals surface area contributed by atoms with E-state index >= 15 is 0 Å². The van der Waals surface area contributed by atoms with Gasteiger partial charge in [-0.2, -0.15) is 0 Å². The molecule has 100 valence electrons. The summed E-state index contributed by atoms with van der Waals surface area (Å²) in [6.45, 7) is 0. The minimum Gasteiger partial charge on any atom is -0.382 e. The van der Waals surface area contributed by atoms with Crippen LogP contribution in [0.1, 0.15) is 25.7 Å². The fourth-order valence-corrected chi connectivity index (χ4v) is 3.31. The van der Waals surface area contributed by atoms with Crippen molar-refractivity contribution in [3.05, 3.63) is 35.8 Å². The molecule has 0 radical (unpaired) electrons. The van der Waals surface area contributed by atoms with Crippen molar-refractivity contribution in [1.82, 2.24) is 4.98 Å². The monoisotopic (exact) mass is 273 g/mol. The van der Waals surface area contributed by atoms with Crippen molar-refractivity contribution >= 4 is 17.0 Å². The van der Waals surface area contributed by atoms with Gasteiger partial charge in [-0.15, -0.1) is 11.3 Å². The summed E-state index contributed by atoms with van der Waals surface area (Å²) >= 11 is 1.67. The predicted molar refractivity (Wildman–Crippen MR) is 81.4 cm³/mol. The van der Waals surface area contributed by atoms with Crippen LogP contribution in [0.5, 0.6) is 0 Å². The second-order valence-electron chi connectivity index (χ2n) is 5.18. The SMILES string of the molecule is NC1CCCC(Nc2ccc(-c3nccs3)cc2)C1. The van der Waals surface area contributed by atoms with E-state index in [1.54, 1.807) is 11.3 Å². The summed E-state index contributed by atoms with van der Waals surface area (Å²) in [6.07, 6.45) is 6.54. The second-order valence-corrected chi connectivity index (χ2v) is 6.08. The van der Waals surface area contributed by atoms with Gasteiger partial charge in [0.2, 0.25) is 0 Å². The van der Waals surface area contributed by atoms with E-state index in [2.05, 4.69) is 34.6 Å². The quantitative estimate of drug-likeness (QED) is 0.900. The zero-order valence-corrected chi connectivity index (χ0v) is 11.7. The Morgan fingerprint density at radius 2 is 2.05 bits per heavy atom. The van der Waals surface area contributed by atoms with Crippen LogP contribution in [0.25, 0.3) is 10.6 Å². The first-order valence-electron chi connectivity index (χ1n) is 6.83. The molecule has 0 spiro atoms. The van der Waals surface area contributed by atoms with Gasteiger partial charge in [0.05, 0.1) is 0 Å². The molecular formula is C15H19N3S. The summed E-state index contributed by atoms with van der Waals surface area (Å²) < 4.78 is 0. The average Bonchev–Trinajstić information content (AvgIpc) is 2.94. The number of rotatable bonds is 3. The average molecular weight is 273 g/mol. The minimum atomic E-state index is 0.362. The van der Waals surface area contributed by atoms with Gasteiger partial charge in [0.25, 0.3) is 0 Å². The van der Waals surface area contributed by atoms with Crippen molar-refractivity contribution < 1.29 is 0 Å². The van der Waals surface area contributed by atoms with Crippen molar-refractivity contribution in [1.29, 1.82) is 0 Å². The number of benzene rings is 1. The van der Waals surface area contributed by atoms with Crippen molar-refractivity contribution in [3.8, 4) is 10.6 Å². The molecule has 1 fully saturated rings. The Morgan fingerprint density at radius 3 is 2.74 bits per heavy atom. The maximum atomic E-state index is 6.02. The second kappa shape index (κ2) is 5.72. The van der Waals surface area contributed by atoms with Gasteiger partial charge in [-0.3, -0.25) is 0 Å². The molecule has 2 aromatic rings. The molecule has 3 rings (SSSR count). The van der Waals surface area contributed by atoms with Crippen molar-refractivity contribution in [3.63, 3.8) is 0 Å². The van der Waals surface area contributed by atoms with Gasteiger partial charge in [0, 0.05) is 34.9 Å². The van der Waals surface area contributed by atoms with Crippen LogP contribution in [-0.2, 0) is 0 Å². The molecule has 1 aromatic heterocycles. The van der Waals surface area contributed by atoms with E-state index < -0.39 is 0 Å². The number of hydrogen-bond acceptors (Lipinski definition) is 4. The highest BCUT2D eigenvalue weighted by Gasteiger charge is 2.18. The third kappa shape index (κ3) is 3.14. The van der Waals surface area contributed by atoms with Gasteiger partial charge in [0.15, 0.2) is 0 Å². The molecule has 0 bridgehead atoms. The molecule has 1 aromatic carbocycles. The summed E-state index contributed by atoms with van der Waals surface area (Å²) in [5.74, 6) is 0. The van der Waals surface area contributed by atoms with Gasteiger partial charge in [-0.25, -0.2) is 4.98 Å². The number of thiazole rings is 1. The molecule has 3 N–H and O–H groups in total. The fourth-order valence-electron chi connectivity index (χ4n) is 2.67. The Bertz CT molecular complexity index is 507. The third-order valence-electron chi connectivity index (χ3n) is 3.65. The van der Waals surface area contributed by atoms with Gasteiger partial charge >= 0.3 is 0 Å². The van der Waals surface area contributed by atoms with Crippen LogP contribution < -0.4 is 11.1 Å². The van der Waals surface area contributed by atoms with Gasteiger partial charge in [-0.1, -0.05) is 0 Å². The molecule has 3 nitrogen and oxygen atoms in total. The van der Waals surface area contributed by atoms with Crippen molar-refractivity contribution in [2.24, 2.45) is 5.73 Å². The normalized spacial score (nSPS) is 23.2. The standard InChI is InChI=1S/C15H19N3S/c16-12-2-1-3-14(10-12)18-13-6-4-11(5-7-13)15-17-8-9-19-15/h4-9,12,14,18H,1-3,10,16H2. The molecule has 1 saturated carbocycles. The van der Waals surface area contributed by atoms with Gasteiger partial charge in [0.1, 0.15) is 5.01 Å². The lowest BCUT2D eigenvalue weighted by molar-refractivity contribution is 0.409. The fraction of sp³-hybridized carbons (Fsp3) is 0.400. The highest BCUT2D eigenvalue weighted by Crippen LogP contribution is 2.25. The lowest BCUT2D eigenvalue weighted by Crippen LogP contribution is -2.34. The maximum absolute atomic E-state index is 6.02. The summed E-state index contributed by atoms with van der Waals surface area (Å²) in [5.41, 5.74) is 8.38. The Kier molecular flexibility index (Phi) is 3.80. The molecule has 4 heteroatoms. The van der Waals surface area contributed by atoms with E-state index in [0.29, 0.717) is 12.1 Å². The predicted octanol–water partition coefficient (Wildman–Crippen LogP) is 3.49. The Hall–Kier alpha value is -1.39. The maximum Gasteiger partial charge on any atom is 0.123 e. The highest BCUT2D eigenvalue weighted by molar-refractivity contribution is 7.13. The van der Waals surface area contributed by atoms with Crippen LogP contribution in [0.4, 0.5) is 5.69 Å². The first-order chi connectivity index (χ1) is 9.31. The summed E-state index contributed by atoms with van der Waals surface area (Å²) in [7, 11) is 0. The smallest absolute Gasteiger partial charge is 0.123 e. The molecule has 0 saturated heterocycles. The van der Waals surface area contributed by atoms with E-state index in [-0.39, 0.29) is 0 Å². The molecule has 1 heterocycles. The Labute approximate surface area is 117 Å². The molecule has 1 aliphatic carbocycles. The van der Waals surface area contributed by atoms with Crippen LogP contribution in [-0.4, -0.2) is 17.1 Å². The molecule has 1 aliphatic rings. The van der Waals surface area contributed by atoms with Crippen LogP contribution in [0.3, 0.4) is 0 Å². The van der Waals surface area contributed by atoms with E-state index in [1.807, 2.05) is 11.6 Å². The van der Waals surface area contributed by atoms with Crippen LogP contribution >= 0.6 is 11.3 Å². The highest BCUT2D eigenvalue weighted by atomic mass is 32.1. The Morgan fingerprint density at radius 1 is 1.21 bits per heavy atom. The zero-order chi connectivity index (χ0) is 13.1. The molecular weight excluding hydrogens is 254 g/mol. The molecule has 2 atom stereocenters. The molecule has 19 heavy (non-hydrogen) atoms. The first-order valence-corrected chi connectivity index (χ1v) is 7.71. The van der Waals surface area contributed by atoms with Gasteiger partial charge < -0.3 is 11.1 Å². The third-order valence-corrected chi connectivity index (χ3v) is 4.47. The van der Waals surface area contributed by atoms with Crippen LogP contribution in [0.15, 0.2) is 35.8 Å². The number of hydrogen-bond donors (Lipinski definition) is 2. The number of nitrogens with zero attached hydrogens (tertiary/aromatic N) is 1. The van der Waals surface area contributed by atoms with Crippen molar-refractivity contribution in [2.75, 3.05) is 5.32 Å². The van der Waals surface area contributed by atoms with Crippen molar-refractivity contribution in [2.45, 2.75) is 37.8 Å². The Balaban J connectivity index is 1.66. The minimum absolute atomic E-state index is 0.362. The van der Waals surface area contributed by atoms with E-state index in [9.17, 15) is 0 Å². The zero-order valence-electron chi connectivity index (χ0n) is 10.9. The molecule has 0 amide bonds. The van der Waals surface area contributed by atoms with Crippen LogP contribution in [0, 0.1) is 0 Å². The number of aromatic nitrogens is 1. The van der Waals surface area contributed by atoms with Crippen LogP contribution in [0.2, 0.25) is 0 Å². The number of anilines is 1. The summed E-state index contributed by atoms with van der Waals surface area (Å²) in [6, 6.07) is 9.41. The first kappa shape index (κ1) is 12.6. The van der Waals surface area contributed by atoms with E-state index in [1.165, 1.54) is 30.5 Å². The summed E-state index contributed by atoms with van der Waals surface area (Å²) in [4.78, 5) is 4.32. The summed E-state index contributed by atoms with van der Waals surface area (Å²) in [5, 5.41) is 6.67. The topological polar surface area (TPSA) is 50.9 Å². The van der Waals surface area contributed by atoms with E-state index in [0.717, 1.165) is 11.4 Å². The number of nitrogens with one attached hydrogen (secondary N) is 1. The van der Waals surface area contributed by atoms with Gasteiger partial charge in [-0.05, 0) is 49.9 Å². The lowest BCUT2D eigenvalue weighted by Gasteiger charge is -2.28. The lowest BCUT2D eigenvalue weighted by atomic mass is 9.91. The largest absolute Gasteiger partial charge is 0.382 e. The van der Waals surface area contributed by atoms with E-state index in [4.69, 9.17) is 5.73 Å².